The summed E-state index contributed by atoms with van der Waals surface area (Å²) in [5.74, 6) is -0.903. The van der Waals surface area contributed by atoms with Gasteiger partial charge in [0.1, 0.15) is 6.33 Å². The van der Waals surface area contributed by atoms with Crippen molar-refractivity contribution in [3.63, 3.8) is 0 Å². The maximum absolute atomic E-state index is 11.1. The molecular formula is C11H14N2O2S. The molecule has 2 atom stereocenters. The Labute approximate surface area is 98.5 Å². The molecule has 0 bridgehead atoms. The predicted molar refractivity (Wildman–Crippen MR) is 61.3 cm³/mol. The van der Waals surface area contributed by atoms with E-state index in [1.165, 1.54) is 6.33 Å². The van der Waals surface area contributed by atoms with Crippen molar-refractivity contribution in [2.75, 3.05) is 0 Å². The number of hydrogen-bond donors (Lipinski definition) is 1. The Kier molecular flexibility index (Phi) is 3.77. The van der Waals surface area contributed by atoms with Gasteiger partial charge in [-0.3, -0.25) is 4.79 Å². The molecule has 0 saturated heterocycles. The van der Waals surface area contributed by atoms with Crippen molar-refractivity contribution < 1.29 is 9.90 Å². The highest BCUT2D eigenvalue weighted by Gasteiger charge is 2.31. The lowest BCUT2D eigenvalue weighted by atomic mass is 9.89. The Balaban J connectivity index is 2.04. The predicted octanol–water partition coefficient (Wildman–Crippen LogP) is 2.21. The molecule has 0 spiro atoms. The monoisotopic (exact) mass is 238 g/mol. The van der Waals surface area contributed by atoms with Crippen LogP contribution in [0.5, 0.6) is 0 Å². The van der Waals surface area contributed by atoms with E-state index < -0.39 is 5.97 Å². The Morgan fingerprint density at radius 2 is 2.25 bits per heavy atom. The van der Waals surface area contributed by atoms with Crippen molar-refractivity contribution in [2.45, 2.75) is 36.0 Å². The van der Waals surface area contributed by atoms with Gasteiger partial charge in [0.2, 0.25) is 0 Å². The fourth-order valence-electron chi connectivity index (χ4n) is 2.02. The second-order valence-electron chi connectivity index (χ2n) is 3.93. The topological polar surface area (TPSA) is 63.1 Å². The second-order valence-corrected chi connectivity index (χ2v) is 5.19. The van der Waals surface area contributed by atoms with Crippen molar-refractivity contribution in [2.24, 2.45) is 5.92 Å². The van der Waals surface area contributed by atoms with Crippen molar-refractivity contribution in [1.82, 2.24) is 9.97 Å². The summed E-state index contributed by atoms with van der Waals surface area (Å²) in [5.41, 5.74) is 0. The van der Waals surface area contributed by atoms with Crippen LogP contribution >= 0.6 is 11.8 Å². The van der Waals surface area contributed by atoms with Gasteiger partial charge in [-0.05, 0) is 18.9 Å². The van der Waals surface area contributed by atoms with E-state index in [9.17, 15) is 4.79 Å². The third-order valence-corrected chi connectivity index (χ3v) is 4.20. The quantitative estimate of drug-likeness (QED) is 0.818. The van der Waals surface area contributed by atoms with Crippen molar-refractivity contribution >= 4 is 17.7 Å². The molecule has 0 radical (unpaired) electrons. The molecule has 1 N–H and O–H groups in total. The highest BCUT2D eigenvalue weighted by molar-refractivity contribution is 7.99. The highest BCUT2D eigenvalue weighted by atomic mass is 32.2. The van der Waals surface area contributed by atoms with Gasteiger partial charge in [-0.15, -0.1) is 11.8 Å². The van der Waals surface area contributed by atoms with E-state index in [2.05, 4.69) is 9.97 Å². The molecule has 5 heteroatoms. The second kappa shape index (κ2) is 5.30. The van der Waals surface area contributed by atoms with E-state index in [0.29, 0.717) is 0 Å². The number of carboxylic acid groups (broad SMARTS) is 1. The van der Waals surface area contributed by atoms with Gasteiger partial charge in [0.25, 0.3) is 0 Å². The van der Waals surface area contributed by atoms with Crippen LogP contribution in [-0.4, -0.2) is 26.3 Å². The smallest absolute Gasteiger partial charge is 0.307 e. The Morgan fingerprint density at radius 3 is 2.94 bits per heavy atom. The van der Waals surface area contributed by atoms with Crippen LogP contribution in [0, 0.1) is 5.92 Å². The lowest BCUT2D eigenvalue weighted by molar-refractivity contribution is -0.142. The third kappa shape index (κ3) is 2.72. The van der Waals surface area contributed by atoms with Crippen LogP contribution in [0.25, 0.3) is 0 Å². The minimum atomic E-state index is -0.675. The molecule has 1 aromatic heterocycles. The summed E-state index contributed by atoms with van der Waals surface area (Å²) in [6.07, 6.45) is 7.09. The van der Waals surface area contributed by atoms with Crippen molar-refractivity contribution in [3.8, 4) is 0 Å². The molecule has 2 unspecified atom stereocenters. The van der Waals surface area contributed by atoms with Gasteiger partial charge in [-0.1, -0.05) is 12.8 Å². The van der Waals surface area contributed by atoms with Gasteiger partial charge in [0, 0.05) is 11.4 Å². The lowest BCUT2D eigenvalue weighted by Gasteiger charge is -2.27. The number of aliphatic carboxylic acids is 1. The number of carboxylic acids is 1. The summed E-state index contributed by atoms with van der Waals surface area (Å²) in [6.45, 7) is 0. The van der Waals surface area contributed by atoms with Crippen LogP contribution in [-0.2, 0) is 4.79 Å². The van der Waals surface area contributed by atoms with Gasteiger partial charge in [-0.25, -0.2) is 9.97 Å². The Hall–Kier alpha value is -1.10. The summed E-state index contributed by atoms with van der Waals surface area (Å²) >= 11 is 1.57. The zero-order valence-electron chi connectivity index (χ0n) is 8.87. The first-order valence-corrected chi connectivity index (χ1v) is 6.31. The maximum atomic E-state index is 11.1. The van der Waals surface area contributed by atoms with Gasteiger partial charge in [0.05, 0.1) is 10.9 Å². The van der Waals surface area contributed by atoms with E-state index in [1.807, 2.05) is 6.07 Å². The largest absolute Gasteiger partial charge is 0.481 e. The first-order chi connectivity index (χ1) is 7.77. The van der Waals surface area contributed by atoms with Crippen molar-refractivity contribution in [1.29, 1.82) is 0 Å². The first-order valence-electron chi connectivity index (χ1n) is 5.43. The molecule has 0 amide bonds. The number of carbonyl (C=O) groups is 1. The minimum Gasteiger partial charge on any atom is -0.481 e. The van der Waals surface area contributed by atoms with Crippen LogP contribution in [0.15, 0.2) is 23.6 Å². The molecule has 1 fully saturated rings. The molecule has 1 aromatic rings. The number of aromatic nitrogens is 2. The van der Waals surface area contributed by atoms with Gasteiger partial charge in [-0.2, -0.15) is 0 Å². The molecule has 0 aliphatic heterocycles. The molecule has 86 valence electrons. The Bertz CT molecular complexity index is 358. The summed E-state index contributed by atoms with van der Waals surface area (Å²) in [4.78, 5) is 19.1. The van der Waals surface area contributed by atoms with E-state index >= 15 is 0 Å². The van der Waals surface area contributed by atoms with Gasteiger partial charge >= 0.3 is 5.97 Å². The summed E-state index contributed by atoms with van der Waals surface area (Å²) < 4.78 is 0. The van der Waals surface area contributed by atoms with Crippen LogP contribution in [0.2, 0.25) is 0 Å². The average Bonchev–Trinajstić information content (AvgIpc) is 2.31. The molecule has 16 heavy (non-hydrogen) atoms. The molecule has 1 aliphatic rings. The normalized spacial score (nSPS) is 25.2. The SMILES string of the molecule is O=C(O)C1CCCCC1Sc1ccncn1. The van der Waals surface area contributed by atoms with Crippen LogP contribution in [0.1, 0.15) is 25.7 Å². The third-order valence-electron chi connectivity index (χ3n) is 2.85. The zero-order valence-corrected chi connectivity index (χ0v) is 9.69. The number of rotatable bonds is 3. The van der Waals surface area contributed by atoms with E-state index in [1.54, 1.807) is 18.0 Å². The lowest BCUT2D eigenvalue weighted by Crippen LogP contribution is -2.29. The number of nitrogens with zero attached hydrogens (tertiary/aromatic N) is 2. The van der Waals surface area contributed by atoms with Crippen LogP contribution < -0.4 is 0 Å². The molecule has 1 heterocycles. The van der Waals surface area contributed by atoms with Gasteiger partial charge < -0.3 is 5.11 Å². The minimum absolute atomic E-state index is 0.154. The molecule has 2 rings (SSSR count). The molecule has 4 nitrogen and oxygen atoms in total. The fourth-order valence-corrected chi connectivity index (χ4v) is 3.28. The molecule has 1 saturated carbocycles. The van der Waals surface area contributed by atoms with Crippen LogP contribution in [0.4, 0.5) is 0 Å². The van der Waals surface area contributed by atoms with Gasteiger partial charge in [0.15, 0.2) is 0 Å². The maximum Gasteiger partial charge on any atom is 0.307 e. The molecule has 0 aromatic carbocycles. The zero-order chi connectivity index (χ0) is 11.4. The standard InChI is InChI=1S/C11H14N2O2S/c14-11(15)8-3-1-2-4-9(8)16-10-5-6-12-7-13-10/h5-9H,1-4H2,(H,14,15). The first kappa shape index (κ1) is 11.4. The van der Waals surface area contributed by atoms with E-state index in [4.69, 9.17) is 5.11 Å². The fraction of sp³-hybridized carbons (Fsp3) is 0.545. The summed E-state index contributed by atoms with van der Waals surface area (Å²) in [5, 5.41) is 10.2. The summed E-state index contributed by atoms with van der Waals surface area (Å²) in [7, 11) is 0. The molecular weight excluding hydrogens is 224 g/mol. The van der Waals surface area contributed by atoms with Crippen molar-refractivity contribution in [3.05, 3.63) is 18.6 Å². The number of hydrogen-bond acceptors (Lipinski definition) is 4. The number of thioether (sulfide) groups is 1. The highest BCUT2D eigenvalue weighted by Crippen LogP contribution is 2.36. The van der Waals surface area contributed by atoms with E-state index in [-0.39, 0.29) is 11.2 Å². The van der Waals surface area contributed by atoms with Crippen LogP contribution in [0.3, 0.4) is 0 Å². The summed E-state index contributed by atoms with van der Waals surface area (Å²) in [6, 6.07) is 1.83. The van der Waals surface area contributed by atoms with E-state index in [0.717, 1.165) is 30.7 Å². The Morgan fingerprint density at radius 1 is 1.44 bits per heavy atom. The average molecular weight is 238 g/mol. The molecule has 1 aliphatic carbocycles.